The predicted octanol–water partition coefficient (Wildman–Crippen LogP) is -7.27. The van der Waals surface area contributed by atoms with Crippen molar-refractivity contribution in [3.05, 3.63) is 0 Å². The minimum atomic E-state index is -4.52. The molecule has 17 N–H and O–H groups in total. The van der Waals surface area contributed by atoms with Crippen molar-refractivity contribution in [1.82, 2.24) is 0 Å². The Balaban J connectivity index is 0.000000235. The highest BCUT2D eigenvalue weighted by atomic mass is 35.5. The zero-order valence-corrected chi connectivity index (χ0v) is 78.1. The Morgan fingerprint density at radius 1 is 0.346 bits per heavy atom. The normalized spacial score (nSPS) is 47.5. The van der Waals surface area contributed by atoms with Gasteiger partial charge in [-0.2, -0.15) is 0 Å². The number of alkyl halides is 6. The molecule has 14 aliphatic rings. The largest absolute Gasteiger partial charge is 0.474 e. The second-order valence-electron chi connectivity index (χ2n) is 29.6. The molecule has 14 saturated heterocycles. The van der Waals surface area contributed by atoms with Gasteiger partial charge in [0.25, 0.3) is 13.0 Å². The summed E-state index contributed by atoms with van der Waals surface area (Å²) >= 11 is 46.5. The van der Waals surface area contributed by atoms with E-state index in [2.05, 4.69) is 63.6 Å². The summed E-state index contributed by atoms with van der Waals surface area (Å²) in [5.41, 5.74) is -18.2. The van der Waals surface area contributed by atoms with E-state index < -0.39 is 294 Å². The molecule has 0 spiro atoms. The highest BCUT2D eigenvalue weighted by molar-refractivity contribution is 7.48. The molecule has 18 radical (unpaired) electrons. The summed E-state index contributed by atoms with van der Waals surface area (Å²) in [5.74, 6) is 6.52. The summed E-state index contributed by atoms with van der Waals surface area (Å²) < 4.78 is 209. The molecule has 13 unspecified atom stereocenters. The molecule has 0 aromatic rings. The highest BCUT2D eigenvalue weighted by Gasteiger charge is 2.75. The lowest BCUT2D eigenvalue weighted by molar-refractivity contribution is -0.276. The first kappa shape index (κ1) is 122. The average Bonchev–Trinajstić information content (AvgIpc) is 1.54. The Morgan fingerprint density at radius 3 is 1.17 bits per heavy atom. The number of hydrogen-bond acceptors (Lipinski definition) is 38. The standard InChI is InChI=1S/C10H12BClO4.C9H9BClFO5.C9H10BClO5.C7H6BClF2O3.C7H6BClFO6P.C7H7BClFO4.C7H7BClFO3.C7H7BClO6P.C7H8BClO4/c1-9(2)15-7-6(5-13)14-8(11)10(7,16-9)3-4-12;1-14-7-15-6-5(4-13)16-9(10,12)8(6,17-7)2-3-11;1-13-8-15-6-5(4-12)14-7(10)9(6,16-8)2-3-11;8-7(11)6(10,1-2-9)5(13)4(3-12)14-7;8-7(10)6(1-2-9)5(4(3-11)14-7)15-17(12,13)16-6;8-7(10)6(13,1-2-9)5(12)4(3-11)14-7;8-6-7(10,1-2-9)5(12)4(3-11)13-6;8-6-7(1-2-9)5(4(3-10)13-6)14-16(11,12)15-7;8-6-7(12,1-2-9)5(11)4(3-10)13-6/h6-8,13H,5H2,1-2H3;5-7,13H,4H2,1H3;5-8,12H,4H2,1H3;4-5,12-13H,3H2;4-5,11H,3H2,(H,12,13);4-5,11-13H,3H2;4-6,11-12H,3H2;4-6,10H,3H2,(H,11,12);4-6,10-12H,3H2/t6-,7?,8-,10-;5-,6?,7?,8-,9-;5-,6?,7-,8?,9-;6*4-,5?,6-,7-/m111111111/s1. The lowest BCUT2D eigenvalue weighted by Gasteiger charge is -2.29. The minimum Gasteiger partial charge on any atom is -0.394 e. The fourth-order valence-corrected chi connectivity index (χ4v) is 18.2. The monoisotopic (exact) mass is 2140 g/mol. The first-order valence-electron chi connectivity index (χ1n) is 37.6. The van der Waals surface area contributed by atoms with Crippen LogP contribution < -0.4 is 0 Å². The Morgan fingerprint density at radius 2 is 0.713 bits per heavy atom. The Hall–Kier alpha value is -2.25. The van der Waals surface area contributed by atoms with Gasteiger partial charge in [0, 0.05) is 62.6 Å². The lowest BCUT2D eigenvalue weighted by atomic mass is 9.78. The summed E-state index contributed by atoms with van der Waals surface area (Å²) in [6.07, 6.45) is -20.5. The predicted molar refractivity (Wildman–Crippen MR) is 457 cm³/mol. The van der Waals surface area contributed by atoms with Gasteiger partial charge < -0.3 is 167 Å². The fraction of sp³-hybridized carbons (Fsp3) is 0.743. The van der Waals surface area contributed by atoms with E-state index in [9.17, 15) is 81.0 Å². The van der Waals surface area contributed by atoms with Gasteiger partial charge in [0.05, 0.1) is 89.5 Å². The molecule has 14 heterocycles. The van der Waals surface area contributed by atoms with Gasteiger partial charge in [-0.1, -0.05) is 0 Å². The Kier molecular flexibility index (Phi) is 44.2. The van der Waals surface area contributed by atoms with Gasteiger partial charge in [-0.15, -0.1) is 0 Å². The topological polar surface area (TPSA) is 572 Å². The van der Waals surface area contributed by atoms with E-state index >= 15 is 0 Å². The van der Waals surface area contributed by atoms with Crippen molar-refractivity contribution >= 4 is 191 Å². The molecule has 734 valence electrons. The molecule has 14 fully saturated rings. The number of rotatable bonds is 11. The summed E-state index contributed by atoms with van der Waals surface area (Å²) in [6.45, 7) is -3.04. The first-order chi connectivity index (χ1) is 63.2. The Bertz CT molecular complexity index is 4720. The van der Waals surface area contributed by atoms with Crippen LogP contribution >= 0.6 is 120 Å². The molecule has 0 aromatic carbocycles. The molecule has 0 aromatic heterocycles. The van der Waals surface area contributed by atoms with Crippen LogP contribution in [0.5, 0.6) is 0 Å². The van der Waals surface area contributed by atoms with Crippen molar-refractivity contribution in [3.63, 3.8) is 0 Å². The summed E-state index contributed by atoms with van der Waals surface area (Å²) in [6, 6.07) is -5.33. The molecular formula is C70H72B9Cl9F6O40P2. The molecule has 40 nitrogen and oxygen atoms in total. The third kappa shape index (κ3) is 24.6. The van der Waals surface area contributed by atoms with Crippen LogP contribution in [-0.2, 0) is 108 Å². The summed E-state index contributed by atoms with van der Waals surface area (Å²) in [5, 5.41) is 154. The first-order valence-corrected chi connectivity index (χ1v) is 44.0. The fourth-order valence-electron chi connectivity index (χ4n) is 14.4. The molecule has 0 amide bonds. The van der Waals surface area contributed by atoms with Crippen molar-refractivity contribution in [2.24, 2.45) is 0 Å². The third-order valence-corrected chi connectivity index (χ3v) is 23.9. The van der Waals surface area contributed by atoms with Gasteiger partial charge in [-0.3, -0.25) is 18.1 Å². The molecule has 14 aliphatic heterocycles. The summed E-state index contributed by atoms with van der Waals surface area (Å²) in [4.78, 5) is 18.4. The second kappa shape index (κ2) is 49.1. The van der Waals surface area contributed by atoms with Crippen LogP contribution in [0, 0.1) is 102 Å². The second-order valence-corrected chi connectivity index (χ2v) is 34.0. The number of methoxy groups -OCH3 is 2. The van der Waals surface area contributed by atoms with Gasteiger partial charge in [0.15, 0.2) is 59.6 Å². The van der Waals surface area contributed by atoms with E-state index in [1.807, 2.05) is 39.3 Å². The van der Waals surface area contributed by atoms with Crippen LogP contribution in [0.1, 0.15) is 13.8 Å². The molecule has 0 aliphatic carbocycles. The van der Waals surface area contributed by atoms with Crippen LogP contribution in [0.4, 0.5) is 26.3 Å². The maximum absolute atomic E-state index is 14.2. The van der Waals surface area contributed by atoms with E-state index in [0.29, 0.717) is 0 Å². The van der Waals surface area contributed by atoms with Gasteiger partial charge >= 0.3 is 15.6 Å². The number of phosphoric acid groups is 2. The van der Waals surface area contributed by atoms with Crippen LogP contribution in [0.3, 0.4) is 0 Å². The van der Waals surface area contributed by atoms with Crippen molar-refractivity contribution < 1.29 is 220 Å². The van der Waals surface area contributed by atoms with Gasteiger partial charge in [-0.25, -0.2) is 35.5 Å². The number of phosphoric ester groups is 2. The summed E-state index contributed by atoms with van der Waals surface area (Å²) in [7, 11) is 42.0. The minimum absolute atomic E-state index is 0.205. The smallest absolute Gasteiger partial charge is 0.394 e. The maximum Gasteiger partial charge on any atom is 0.474 e. The van der Waals surface area contributed by atoms with E-state index in [4.69, 9.17) is 291 Å². The van der Waals surface area contributed by atoms with Gasteiger partial charge in [-0.05, 0) is 172 Å². The van der Waals surface area contributed by atoms with E-state index in [0.717, 1.165) is 0 Å². The number of aliphatic hydroxyl groups is 15. The van der Waals surface area contributed by atoms with Crippen molar-refractivity contribution in [2.45, 2.75) is 246 Å². The number of fused-ring (bicyclic) bond motifs is 5. The molecule has 66 heteroatoms. The SMILES string of the molecule is [B][C@@H]1O[C@H](CO)C(O)[C@]1(F)C#CCl.[B][C@@H]1O[C@H](CO)C(O)[C@]1(O)C#CCl.[B][C@@H]1O[C@H](CO)C2OC(C)(C)O[C@]21C#CCl.[B][C@@H]1O[C@H](CO)C2OC(OC)O[C@]21C#CCl.[B][C@@H]1O[C@H](CO)C2OP(=O)(O)O[C@]21C#CCl.[B][C@]1(F)O[C@H](CO)C(O)[C@]1(F)C#CCl.[B][C@]1(F)O[C@H](CO)C(O)[C@]1(O)C#CCl.[B][C@]1(F)O[C@H](CO)C2OC(OC)O[C@]21C#CCl.[B][C@]1(F)O[C@H](CO)C2OP(=O)(O)O[C@]21C#CCl. The van der Waals surface area contributed by atoms with Crippen molar-refractivity contribution in [3.8, 4) is 102 Å². The van der Waals surface area contributed by atoms with Gasteiger partial charge in [0.1, 0.15) is 149 Å². The number of halogens is 15. The number of hydrogen-bond donors (Lipinski definition) is 17. The van der Waals surface area contributed by atoms with E-state index in [1.165, 1.54) is 14.2 Å². The van der Waals surface area contributed by atoms with E-state index in [1.54, 1.807) is 35.9 Å². The van der Waals surface area contributed by atoms with Crippen LogP contribution in [-0.4, -0.2) is 463 Å². The van der Waals surface area contributed by atoms with Gasteiger partial charge in [0.2, 0.25) is 51.2 Å². The molecule has 0 saturated carbocycles. The molecule has 14 rings (SSSR count). The zero-order valence-electron chi connectivity index (χ0n) is 69.6. The maximum atomic E-state index is 14.2. The quantitative estimate of drug-likeness (QED) is 0.0395. The Labute approximate surface area is 827 Å². The highest BCUT2D eigenvalue weighted by Crippen LogP contribution is 2.65. The zero-order chi connectivity index (χ0) is 103. The van der Waals surface area contributed by atoms with E-state index in [-0.39, 0.29) is 13.2 Å². The molecule has 136 heavy (non-hydrogen) atoms. The van der Waals surface area contributed by atoms with Crippen LogP contribution in [0.15, 0.2) is 0 Å². The molecule has 0 bridgehead atoms. The van der Waals surface area contributed by atoms with Crippen molar-refractivity contribution in [2.75, 3.05) is 73.7 Å². The number of ether oxygens (including phenoxy) is 17. The third-order valence-electron chi connectivity index (χ3n) is 21.0. The van der Waals surface area contributed by atoms with Crippen molar-refractivity contribution in [1.29, 1.82) is 0 Å². The van der Waals surface area contributed by atoms with Crippen LogP contribution in [0.25, 0.3) is 0 Å². The average molecular weight is 2150 g/mol. The molecule has 40 atom stereocenters. The lowest BCUT2D eigenvalue weighted by Crippen LogP contribution is -2.53. The number of aliphatic hydroxyl groups excluding tert-OH is 13. The van der Waals surface area contributed by atoms with Crippen LogP contribution in [0.2, 0.25) is 0 Å². The molecular weight excluding hydrogens is 2070 g/mol.